The number of hydrogen-bond acceptors (Lipinski definition) is 1. The summed E-state index contributed by atoms with van der Waals surface area (Å²) >= 11 is 0. The highest BCUT2D eigenvalue weighted by Crippen LogP contribution is 2.25. The monoisotopic (exact) mass is 293 g/mol. The van der Waals surface area contributed by atoms with Gasteiger partial charge in [0.15, 0.2) is 6.17 Å². The predicted molar refractivity (Wildman–Crippen MR) is 61.9 cm³/mol. The van der Waals surface area contributed by atoms with Gasteiger partial charge >= 0.3 is 12.2 Å². The van der Waals surface area contributed by atoms with E-state index in [1.807, 2.05) is 5.32 Å². The summed E-state index contributed by atoms with van der Waals surface area (Å²) < 4.78 is 74.8. The molecule has 0 spiro atoms. The van der Waals surface area contributed by atoms with Gasteiger partial charge in [-0.15, -0.1) is 0 Å². The van der Waals surface area contributed by atoms with E-state index in [0.717, 1.165) is 0 Å². The van der Waals surface area contributed by atoms with Crippen LogP contribution in [0, 0.1) is 0 Å². The van der Waals surface area contributed by atoms with Crippen molar-refractivity contribution in [1.29, 1.82) is 0 Å². The molecule has 0 aromatic heterocycles. The van der Waals surface area contributed by atoms with E-state index < -0.39 is 24.8 Å². The van der Waals surface area contributed by atoms with Crippen LogP contribution in [0.3, 0.4) is 0 Å². The fraction of sp³-hybridized carbons (Fsp3) is 1.00. The zero-order valence-corrected chi connectivity index (χ0v) is 11.0. The number of alkyl halides is 6. The van der Waals surface area contributed by atoms with Gasteiger partial charge in [0.05, 0.1) is 0 Å². The lowest BCUT2D eigenvalue weighted by Crippen LogP contribution is -2.45. The van der Waals surface area contributed by atoms with Crippen LogP contribution in [0.25, 0.3) is 0 Å². The van der Waals surface area contributed by atoms with Crippen molar-refractivity contribution in [3.63, 3.8) is 0 Å². The molecule has 0 heterocycles. The highest BCUT2D eigenvalue weighted by Gasteiger charge is 2.38. The second kappa shape index (κ2) is 8.66. The van der Waals surface area contributed by atoms with Gasteiger partial charge in [0.25, 0.3) is 0 Å². The second-order valence-electron chi connectivity index (χ2n) is 4.59. The Labute approximate surface area is 109 Å². The fourth-order valence-corrected chi connectivity index (χ4v) is 1.59. The number of hydrogen-bond donors (Lipinski definition) is 1. The van der Waals surface area contributed by atoms with Gasteiger partial charge in [0.1, 0.15) is 0 Å². The summed E-state index contributed by atoms with van der Waals surface area (Å²) in [4.78, 5) is 0. The first-order valence-corrected chi connectivity index (χ1v) is 6.52. The fourth-order valence-electron chi connectivity index (χ4n) is 1.59. The number of nitrogens with one attached hydrogen (secondary N) is 1. The highest BCUT2D eigenvalue weighted by molar-refractivity contribution is 4.74. The lowest BCUT2D eigenvalue weighted by Gasteiger charge is -2.21. The quantitative estimate of drug-likeness (QED) is 0.346. The summed E-state index contributed by atoms with van der Waals surface area (Å²) in [6.45, 7) is 1.72. The van der Waals surface area contributed by atoms with Crippen molar-refractivity contribution in [2.45, 2.75) is 70.3 Å². The van der Waals surface area contributed by atoms with Crippen molar-refractivity contribution >= 4 is 0 Å². The molecule has 0 aliphatic rings. The van der Waals surface area contributed by atoms with Gasteiger partial charge in [-0.05, 0) is 19.3 Å². The molecule has 0 rings (SSSR count). The van der Waals surface area contributed by atoms with Crippen LogP contribution in [-0.4, -0.2) is 24.9 Å². The first-order valence-electron chi connectivity index (χ1n) is 6.52. The van der Waals surface area contributed by atoms with Crippen molar-refractivity contribution in [3.8, 4) is 0 Å². The van der Waals surface area contributed by atoms with Crippen LogP contribution in [-0.2, 0) is 0 Å². The highest BCUT2D eigenvalue weighted by atomic mass is 19.4. The molecule has 0 aliphatic carbocycles. The van der Waals surface area contributed by atoms with E-state index in [2.05, 4.69) is 0 Å². The van der Waals surface area contributed by atoms with Crippen LogP contribution in [0.2, 0.25) is 0 Å². The molecule has 0 aliphatic heterocycles. The van der Waals surface area contributed by atoms with Crippen molar-refractivity contribution in [3.05, 3.63) is 0 Å². The van der Waals surface area contributed by atoms with Crippen LogP contribution in [0.15, 0.2) is 0 Å². The van der Waals surface area contributed by atoms with Crippen LogP contribution in [0.1, 0.15) is 51.9 Å². The molecule has 1 nitrogen and oxygen atoms in total. The Balaban J connectivity index is 3.65. The van der Waals surface area contributed by atoms with E-state index in [4.69, 9.17) is 0 Å². The molecule has 0 aromatic carbocycles. The molecule has 0 amide bonds. The van der Waals surface area contributed by atoms with E-state index in [-0.39, 0.29) is 32.2 Å². The van der Waals surface area contributed by atoms with Crippen LogP contribution in [0.5, 0.6) is 0 Å². The van der Waals surface area contributed by atoms with E-state index in [1.54, 1.807) is 6.92 Å². The van der Waals surface area contributed by atoms with Crippen molar-refractivity contribution in [1.82, 2.24) is 5.32 Å². The van der Waals surface area contributed by atoms with Crippen molar-refractivity contribution in [2.24, 2.45) is 0 Å². The summed E-state index contributed by atoms with van der Waals surface area (Å²) in [7, 11) is 0. The molecule has 0 saturated carbocycles. The van der Waals surface area contributed by atoms with Gasteiger partial charge in [0.2, 0.25) is 0 Å². The molecule has 1 unspecified atom stereocenters. The number of rotatable bonds is 10. The molecule has 19 heavy (non-hydrogen) atoms. The minimum Gasteiger partial charge on any atom is -0.256 e. The molecule has 0 radical (unpaired) electrons. The molecule has 7 heteroatoms. The average molecular weight is 293 g/mol. The molecular formula is C12H21F6N. The molecule has 0 saturated heterocycles. The first kappa shape index (κ1) is 18.5. The maximum absolute atomic E-state index is 13.2. The third-order valence-corrected chi connectivity index (χ3v) is 2.67. The van der Waals surface area contributed by atoms with Crippen LogP contribution in [0.4, 0.5) is 26.3 Å². The Bertz CT molecular complexity index is 229. The van der Waals surface area contributed by atoms with Gasteiger partial charge in [-0.25, -0.2) is 4.39 Å². The van der Waals surface area contributed by atoms with Crippen molar-refractivity contribution in [2.75, 3.05) is 6.54 Å². The molecule has 0 aromatic rings. The Morgan fingerprint density at radius 3 is 2.05 bits per heavy atom. The van der Waals surface area contributed by atoms with Crippen LogP contribution >= 0.6 is 0 Å². The predicted octanol–water partition coefficient (Wildman–Crippen LogP) is 4.82. The van der Waals surface area contributed by atoms with E-state index in [0.29, 0.717) is 12.8 Å². The summed E-state index contributed by atoms with van der Waals surface area (Å²) in [5, 5.41) is 1.82. The standard InChI is InChI=1S/C12H21F6N/c1-2-9-19-12(17,18)10(13)7-5-3-4-6-8-11(14,15)16/h10,19H,2-9H2,1H3. The van der Waals surface area contributed by atoms with Gasteiger partial charge in [-0.1, -0.05) is 26.2 Å². The minimum atomic E-state index is -4.18. The normalized spacial score (nSPS) is 14.7. The molecule has 0 bridgehead atoms. The van der Waals surface area contributed by atoms with Gasteiger partial charge in [0, 0.05) is 13.0 Å². The second-order valence-corrected chi connectivity index (χ2v) is 4.59. The average Bonchev–Trinajstić information content (AvgIpc) is 2.29. The molecular weight excluding hydrogens is 272 g/mol. The van der Waals surface area contributed by atoms with E-state index >= 15 is 0 Å². The van der Waals surface area contributed by atoms with Gasteiger partial charge in [-0.2, -0.15) is 22.0 Å². The largest absolute Gasteiger partial charge is 0.389 e. The molecule has 116 valence electrons. The minimum absolute atomic E-state index is 0.0268. The maximum Gasteiger partial charge on any atom is 0.389 e. The van der Waals surface area contributed by atoms with Crippen LogP contribution < -0.4 is 5.32 Å². The summed E-state index contributed by atoms with van der Waals surface area (Å²) in [6.07, 6.45) is -6.47. The Hall–Kier alpha value is -0.460. The third kappa shape index (κ3) is 10.0. The maximum atomic E-state index is 13.2. The summed E-state index contributed by atoms with van der Waals surface area (Å²) in [5.74, 6) is 0. The molecule has 0 fully saturated rings. The molecule has 1 atom stereocenters. The first-order chi connectivity index (χ1) is 8.69. The van der Waals surface area contributed by atoms with Gasteiger partial charge < -0.3 is 0 Å². The Kier molecular flexibility index (Phi) is 8.45. The summed E-state index contributed by atoms with van der Waals surface area (Å²) in [5.41, 5.74) is 0. The van der Waals surface area contributed by atoms with Crippen molar-refractivity contribution < 1.29 is 26.3 Å². The zero-order valence-electron chi connectivity index (χ0n) is 11.0. The SMILES string of the molecule is CCCNC(F)(F)C(F)CCCCCCC(F)(F)F. The number of unbranched alkanes of at least 4 members (excludes halogenated alkanes) is 3. The number of halogens is 6. The van der Waals surface area contributed by atoms with E-state index in [9.17, 15) is 26.3 Å². The third-order valence-electron chi connectivity index (χ3n) is 2.67. The van der Waals surface area contributed by atoms with E-state index in [1.165, 1.54) is 0 Å². The topological polar surface area (TPSA) is 12.0 Å². The summed E-state index contributed by atoms with van der Waals surface area (Å²) in [6, 6.07) is -3.55. The smallest absolute Gasteiger partial charge is 0.256 e. The Morgan fingerprint density at radius 2 is 1.53 bits per heavy atom. The van der Waals surface area contributed by atoms with Gasteiger partial charge in [-0.3, -0.25) is 5.32 Å². The lowest BCUT2D eigenvalue weighted by atomic mass is 10.1. The zero-order chi connectivity index (χ0) is 14.9. The Morgan fingerprint density at radius 1 is 0.947 bits per heavy atom. The lowest BCUT2D eigenvalue weighted by molar-refractivity contribution is -0.135. The molecule has 1 N–H and O–H groups in total.